The maximum Gasteiger partial charge on any atom is 0.232 e. The number of rotatable bonds is 2. The van der Waals surface area contributed by atoms with Crippen LogP contribution in [0.3, 0.4) is 0 Å². The second kappa shape index (κ2) is 4.46. The minimum absolute atomic E-state index is 0.133. The Morgan fingerprint density at radius 3 is 3.00 bits per heavy atom. The molecule has 4 heteroatoms. The van der Waals surface area contributed by atoms with Gasteiger partial charge in [0.1, 0.15) is 0 Å². The third kappa shape index (κ3) is 1.88. The van der Waals surface area contributed by atoms with Gasteiger partial charge in [-0.3, -0.25) is 4.79 Å². The molecule has 0 aliphatic carbocycles. The second-order valence-corrected chi connectivity index (χ2v) is 5.44. The summed E-state index contributed by atoms with van der Waals surface area (Å²) in [6.45, 7) is 0.744. The van der Waals surface area contributed by atoms with E-state index < -0.39 is 0 Å². The molecule has 1 aliphatic heterocycles. The van der Waals surface area contributed by atoms with Crippen molar-refractivity contribution in [2.45, 2.75) is 12.8 Å². The van der Waals surface area contributed by atoms with Crippen molar-refractivity contribution in [3.63, 3.8) is 0 Å². The molecule has 3 nitrogen and oxygen atoms in total. The highest BCUT2D eigenvalue weighted by Gasteiger charge is 2.26. The number of hydrogen-bond acceptors (Lipinski definition) is 3. The lowest BCUT2D eigenvalue weighted by atomic mass is 10.1. The SMILES string of the molecule is Nc1cccc2c1N(C(=O)Cc1cccs1)CC2. The molecule has 18 heavy (non-hydrogen) atoms. The fraction of sp³-hybridized carbons (Fsp3) is 0.214. The first kappa shape index (κ1) is 11.3. The van der Waals surface area contributed by atoms with Crippen LogP contribution in [0.4, 0.5) is 11.4 Å². The van der Waals surface area contributed by atoms with Gasteiger partial charge in [0.25, 0.3) is 0 Å². The van der Waals surface area contributed by atoms with Crippen LogP contribution < -0.4 is 10.6 Å². The number of nitrogens with two attached hydrogens (primary N) is 1. The van der Waals surface area contributed by atoms with Gasteiger partial charge in [0.2, 0.25) is 5.91 Å². The third-order valence-electron chi connectivity index (χ3n) is 3.23. The van der Waals surface area contributed by atoms with Crippen LogP contribution in [0.15, 0.2) is 35.7 Å². The topological polar surface area (TPSA) is 46.3 Å². The molecule has 0 atom stereocenters. The maximum absolute atomic E-state index is 12.3. The fourth-order valence-electron chi connectivity index (χ4n) is 2.39. The molecular weight excluding hydrogens is 244 g/mol. The average Bonchev–Trinajstić information content (AvgIpc) is 2.97. The molecule has 0 fully saturated rings. The smallest absolute Gasteiger partial charge is 0.232 e. The first-order valence-electron chi connectivity index (χ1n) is 5.96. The molecule has 0 radical (unpaired) electrons. The molecule has 0 saturated carbocycles. The molecule has 3 rings (SSSR count). The van der Waals surface area contributed by atoms with Gasteiger partial charge in [-0.1, -0.05) is 18.2 Å². The molecule has 0 unspecified atom stereocenters. The number of nitrogen functional groups attached to an aromatic ring is 1. The molecule has 1 amide bonds. The summed E-state index contributed by atoms with van der Waals surface area (Å²) in [6.07, 6.45) is 1.36. The van der Waals surface area contributed by atoms with Gasteiger partial charge in [0.05, 0.1) is 17.8 Å². The molecule has 0 bridgehead atoms. The number of nitrogens with zero attached hydrogens (tertiary/aromatic N) is 1. The Labute approximate surface area is 110 Å². The Kier molecular flexibility index (Phi) is 2.80. The Hall–Kier alpha value is -1.81. The number of benzene rings is 1. The zero-order chi connectivity index (χ0) is 12.5. The molecule has 92 valence electrons. The van der Waals surface area contributed by atoms with E-state index in [9.17, 15) is 4.79 Å². The van der Waals surface area contributed by atoms with Gasteiger partial charge in [-0.15, -0.1) is 11.3 Å². The third-order valence-corrected chi connectivity index (χ3v) is 4.11. The van der Waals surface area contributed by atoms with Crippen LogP contribution in [-0.4, -0.2) is 12.5 Å². The molecule has 0 saturated heterocycles. The van der Waals surface area contributed by atoms with Gasteiger partial charge in [-0.05, 0) is 29.5 Å². The molecule has 0 spiro atoms. The lowest BCUT2D eigenvalue weighted by Crippen LogP contribution is -2.30. The largest absolute Gasteiger partial charge is 0.397 e. The number of hydrogen-bond donors (Lipinski definition) is 1. The predicted molar refractivity (Wildman–Crippen MR) is 74.9 cm³/mol. The summed E-state index contributed by atoms with van der Waals surface area (Å²) in [4.78, 5) is 15.2. The van der Waals surface area contributed by atoms with Crippen LogP contribution in [0.5, 0.6) is 0 Å². The lowest BCUT2D eigenvalue weighted by molar-refractivity contribution is -0.117. The van der Waals surface area contributed by atoms with Gasteiger partial charge in [0, 0.05) is 11.4 Å². The second-order valence-electron chi connectivity index (χ2n) is 4.41. The molecule has 1 aromatic heterocycles. The van der Waals surface area contributed by atoms with Crippen molar-refractivity contribution >= 4 is 28.6 Å². The van der Waals surface area contributed by atoms with Crippen molar-refractivity contribution in [2.75, 3.05) is 17.2 Å². The van der Waals surface area contributed by atoms with E-state index in [1.165, 1.54) is 5.56 Å². The number of para-hydroxylation sites is 1. The first-order valence-corrected chi connectivity index (χ1v) is 6.84. The van der Waals surface area contributed by atoms with Crippen LogP contribution in [0.25, 0.3) is 0 Å². The molecule has 2 aromatic rings. The highest BCUT2D eigenvalue weighted by Crippen LogP contribution is 2.34. The summed E-state index contributed by atoms with van der Waals surface area (Å²) in [5, 5.41) is 1.99. The van der Waals surface area contributed by atoms with Crippen molar-refractivity contribution in [3.05, 3.63) is 46.2 Å². The average molecular weight is 258 g/mol. The summed E-state index contributed by atoms with van der Waals surface area (Å²) in [7, 11) is 0. The minimum Gasteiger partial charge on any atom is -0.397 e. The highest BCUT2D eigenvalue weighted by molar-refractivity contribution is 7.10. The monoisotopic (exact) mass is 258 g/mol. The Bertz CT molecular complexity index is 577. The number of thiophene rings is 1. The van der Waals surface area contributed by atoms with Crippen molar-refractivity contribution in [1.29, 1.82) is 0 Å². The zero-order valence-electron chi connectivity index (χ0n) is 9.93. The fourth-order valence-corrected chi connectivity index (χ4v) is 3.09. The normalized spacial score (nSPS) is 13.7. The summed E-state index contributed by atoms with van der Waals surface area (Å²) < 4.78 is 0. The van der Waals surface area contributed by atoms with Gasteiger partial charge >= 0.3 is 0 Å². The number of carbonyl (C=O) groups excluding carboxylic acids is 1. The first-order chi connectivity index (χ1) is 8.75. The van der Waals surface area contributed by atoms with E-state index in [1.807, 2.05) is 40.6 Å². The molecule has 1 aromatic carbocycles. The van der Waals surface area contributed by atoms with Crippen molar-refractivity contribution in [3.8, 4) is 0 Å². The van der Waals surface area contributed by atoms with E-state index in [-0.39, 0.29) is 5.91 Å². The molecule has 1 aliphatic rings. The summed E-state index contributed by atoms with van der Waals surface area (Å²) in [5.41, 5.74) is 8.77. The molecule has 2 heterocycles. The van der Waals surface area contributed by atoms with Crippen molar-refractivity contribution in [2.24, 2.45) is 0 Å². The highest BCUT2D eigenvalue weighted by atomic mass is 32.1. The van der Waals surface area contributed by atoms with E-state index in [4.69, 9.17) is 5.73 Å². The molecule has 2 N–H and O–H groups in total. The van der Waals surface area contributed by atoms with E-state index in [1.54, 1.807) is 11.3 Å². The number of fused-ring (bicyclic) bond motifs is 1. The van der Waals surface area contributed by atoms with Gasteiger partial charge in [-0.25, -0.2) is 0 Å². The van der Waals surface area contributed by atoms with Crippen LogP contribution in [0.2, 0.25) is 0 Å². The van der Waals surface area contributed by atoms with E-state index in [2.05, 4.69) is 0 Å². The lowest BCUT2D eigenvalue weighted by Gasteiger charge is -2.18. The van der Waals surface area contributed by atoms with E-state index in [0.29, 0.717) is 12.1 Å². The Morgan fingerprint density at radius 1 is 1.33 bits per heavy atom. The minimum atomic E-state index is 0.133. The summed E-state index contributed by atoms with van der Waals surface area (Å²) >= 11 is 1.62. The standard InChI is InChI=1S/C14H14N2OS/c15-12-5-1-3-10-6-7-16(14(10)12)13(17)9-11-4-2-8-18-11/h1-5,8H,6-7,9,15H2. The van der Waals surface area contributed by atoms with Crippen molar-refractivity contribution < 1.29 is 4.79 Å². The Morgan fingerprint density at radius 2 is 2.22 bits per heavy atom. The van der Waals surface area contributed by atoms with Crippen LogP contribution in [0.1, 0.15) is 10.4 Å². The van der Waals surface area contributed by atoms with E-state index in [0.717, 1.165) is 23.5 Å². The molecular formula is C14H14N2OS. The number of carbonyl (C=O) groups is 1. The summed E-state index contributed by atoms with van der Waals surface area (Å²) in [6, 6.07) is 9.81. The van der Waals surface area contributed by atoms with Gasteiger partial charge < -0.3 is 10.6 Å². The Balaban J connectivity index is 1.86. The van der Waals surface area contributed by atoms with Gasteiger partial charge in [0.15, 0.2) is 0 Å². The van der Waals surface area contributed by atoms with E-state index >= 15 is 0 Å². The maximum atomic E-state index is 12.3. The van der Waals surface area contributed by atoms with Gasteiger partial charge in [-0.2, -0.15) is 0 Å². The van der Waals surface area contributed by atoms with Crippen LogP contribution in [-0.2, 0) is 17.6 Å². The zero-order valence-corrected chi connectivity index (χ0v) is 10.7. The van der Waals surface area contributed by atoms with Crippen LogP contribution in [0, 0.1) is 0 Å². The number of anilines is 2. The van der Waals surface area contributed by atoms with Crippen molar-refractivity contribution in [1.82, 2.24) is 0 Å². The quantitative estimate of drug-likeness (QED) is 0.841. The van der Waals surface area contributed by atoms with Crippen LogP contribution >= 0.6 is 11.3 Å². The predicted octanol–water partition coefficient (Wildman–Crippen LogP) is 2.46. The summed E-state index contributed by atoms with van der Waals surface area (Å²) in [5.74, 6) is 0.133. The number of amides is 1.